The molecule has 1 fully saturated rings. The molecule has 5 nitrogen and oxygen atoms in total. The molecule has 0 spiro atoms. The number of fused-ring (bicyclic) bond motifs is 1. The zero-order chi connectivity index (χ0) is 20.2. The molecular weight excluding hydrogens is 433 g/mol. The molecule has 2 heterocycles. The van der Waals surface area contributed by atoms with Crippen molar-refractivity contribution in [2.75, 3.05) is 33.8 Å². The van der Waals surface area contributed by atoms with E-state index in [2.05, 4.69) is 5.32 Å². The number of benzene rings is 2. The number of nitrogens with one attached hydrogen (secondary N) is 1. The molecule has 1 aromatic heterocycles. The van der Waals surface area contributed by atoms with E-state index in [-0.39, 0.29) is 30.7 Å². The van der Waals surface area contributed by atoms with Gasteiger partial charge in [-0.15, -0.1) is 24.8 Å². The first-order chi connectivity index (χ1) is 14.2. The highest BCUT2D eigenvalue weighted by atomic mass is 35.5. The lowest BCUT2D eigenvalue weighted by Gasteiger charge is -2.33. The Morgan fingerprint density at radius 1 is 1.16 bits per heavy atom. The van der Waals surface area contributed by atoms with Crippen molar-refractivity contribution >= 4 is 41.6 Å². The van der Waals surface area contributed by atoms with Gasteiger partial charge in [0.2, 0.25) is 0 Å². The molecule has 1 N–H and O–H groups in total. The van der Waals surface area contributed by atoms with Crippen molar-refractivity contribution in [2.24, 2.45) is 5.92 Å². The van der Waals surface area contributed by atoms with Crippen LogP contribution in [0.3, 0.4) is 0 Å². The Kier molecular flexibility index (Phi) is 9.11. The molecule has 1 saturated heterocycles. The van der Waals surface area contributed by atoms with Gasteiger partial charge in [0.25, 0.3) is 5.91 Å². The van der Waals surface area contributed by atoms with Crippen molar-refractivity contribution in [3.63, 3.8) is 0 Å². The van der Waals surface area contributed by atoms with Crippen LogP contribution in [0.25, 0.3) is 22.2 Å². The topological polar surface area (TPSA) is 54.5 Å². The number of hydrogen-bond donors (Lipinski definition) is 1. The molecule has 1 aliphatic rings. The summed E-state index contributed by atoms with van der Waals surface area (Å²) in [6.07, 6.45) is 2.21. The second-order valence-electron chi connectivity index (χ2n) is 7.62. The van der Waals surface area contributed by atoms with Gasteiger partial charge in [-0.1, -0.05) is 18.2 Å². The Morgan fingerprint density at radius 3 is 2.61 bits per heavy atom. The number of amides is 1. The maximum atomic E-state index is 13.5. The van der Waals surface area contributed by atoms with E-state index in [4.69, 9.17) is 9.72 Å². The average molecular weight is 462 g/mol. The monoisotopic (exact) mass is 461 g/mol. The Labute approximate surface area is 196 Å². The van der Waals surface area contributed by atoms with Gasteiger partial charge in [-0.3, -0.25) is 4.79 Å². The molecule has 1 atom stereocenters. The lowest BCUT2D eigenvalue weighted by atomic mass is 9.96. The maximum absolute atomic E-state index is 13.5. The third-order valence-electron chi connectivity index (χ3n) is 5.63. The number of pyridine rings is 1. The normalized spacial score (nSPS) is 15.7. The predicted molar refractivity (Wildman–Crippen MR) is 131 cm³/mol. The number of carbonyl (C=O) groups is 1. The van der Waals surface area contributed by atoms with Gasteiger partial charge in [-0.25, -0.2) is 4.98 Å². The van der Waals surface area contributed by atoms with E-state index < -0.39 is 0 Å². The summed E-state index contributed by atoms with van der Waals surface area (Å²) in [6.45, 7) is 2.56. The summed E-state index contributed by atoms with van der Waals surface area (Å²) in [6, 6.07) is 17.6. The molecule has 0 radical (unpaired) electrons. The van der Waals surface area contributed by atoms with Gasteiger partial charge in [0, 0.05) is 24.0 Å². The fourth-order valence-electron chi connectivity index (χ4n) is 4.14. The lowest BCUT2D eigenvalue weighted by Crippen LogP contribution is -2.42. The van der Waals surface area contributed by atoms with Crippen LogP contribution in [-0.4, -0.2) is 49.6 Å². The lowest BCUT2D eigenvalue weighted by molar-refractivity contribution is 0.0676. The molecule has 0 saturated carbocycles. The van der Waals surface area contributed by atoms with E-state index in [1.807, 2.05) is 66.5 Å². The minimum atomic E-state index is 0. The third kappa shape index (κ3) is 5.48. The highest BCUT2D eigenvalue weighted by Crippen LogP contribution is 2.28. The minimum absolute atomic E-state index is 0. The van der Waals surface area contributed by atoms with Crippen LogP contribution in [-0.2, 0) is 0 Å². The minimum Gasteiger partial charge on any atom is -0.497 e. The molecule has 7 heteroatoms. The first kappa shape index (κ1) is 24.9. The van der Waals surface area contributed by atoms with Gasteiger partial charge in [0.15, 0.2) is 0 Å². The number of methoxy groups -OCH3 is 1. The Balaban J connectivity index is 0.00000171. The van der Waals surface area contributed by atoms with Gasteiger partial charge in [-0.2, -0.15) is 0 Å². The van der Waals surface area contributed by atoms with E-state index in [1.54, 1.807) is 7.11 Å². The van der Waals surface area contributed by atoms with Crippen molar-refractivity contribution in [3.8, 4) is 17.0 Å². The fraction of sp³-hybridized carbons (Fsp3) is 0.333. The zero-order valence-electron chi connectivity index (χ0n) is 17.8. The number of piperidine rings is 1. The molecule has 0 aliphatic carbocycles. The summed E-state index contributed by atoms with van der Waals surface area (Å²) >= 11 is 0. The van der Waals surface area contributed by atoms with E-state index in [0.717, 1.165) is 59.5 Å². The second-order valence-corrected chi connectivity index (χ2v) is 7.62. The SMILES string of the molecule is CNCC1CCCN(C(=O)c2cc(-c3ccc(OC)cc3)nc3ccccc23)C1.Cl.Cl. The number of aromatic nitrogens is 1. The molecule has 4 rings (SSSR count). The number of carbonyl (C=O) groups excluding carboxylic acids is 1. The van der Waals surface area contributed by atoms with Crippen LogP contribution >= 0.6 is 24.8 Å². The van der Waals surface area contributed by atoms with Crippen LogP contribution in [0.4, 0.5) is 0 Å². The van der Waals surface area contributed by atoms with Crippen LogP contribution in [0.1, 0.15) is 23.2 Å². The summed E-state index contributed by atoms with van der Waals surface area (Å²) in [5.74, 6) is 1.40. The Morgan fingerprint density at radius 2 is 1.90 bits per heavy atom. The highest BCUT2D eigenvalue weighted by molar-refractivity contribution is 6.07. The van der Waals surface area contributed by atoms with Gasteiger partial charge < -0.3 is 15.0 Å². The van der Waals surface area contributed by atoms with Crippen molar-refractivity contribution in [1.29, 1.82) is 0 Å². The van der Waals surface area contributed by atoms with E-state index in [0.29, 0.717) is 5.92 Å². The smallest absolute Gasteiger partial charge is 0.254 e. The molecule has 166 valence electrons. The first-order valence-electron chi connectivity index (χ1n) is 10.2. The molecular formula is C24H29Cl2N3O2. The van der Waals surface area contributed by atoms with Gasteiger partial charge in [0.1, 0.15) is 5.75 Å². The number of para-hydroxylation sites is 1. The van der Waals surface area contributed by atoms with Gasteiger partial charge in [-0.05, 0) is 68.8 Å². The number of rotatable bonds is 5. The molecule has 31 heavy (non-hydrogen) atoms. The molecule has 1 amide bonds. The molecule has 3 aromatic rings. The van der Waals surface area contributed by atoms with Crippen LogP contribution in [0, 0.1) is 5.92 Å². The molecule has 1 unspecified atom stereocenters. The largest absolute Gasteiger partial charge is 0.497 e. The number of ether oxygens (including phenoxy) is 1. The third-order valence-corrected chi connectivity index (χ3v) is 5.63. The molecule has 1 aliphatic heterocycles. The van der Waals surface area contributed by atoms with E-state index in [9.17, 15) is 4.79 Å². The van der Waals surface area contributed by atoms with Crippen LogP contribution in [0.2, 0.25) is 0 Å². The van der Waals surface area contributed by atoms with Crippen LogP contribution < -0.4 is 10.1 Å². The summed E-state index contributed by atoms with van der Waals surface area (Å²) in [5.41, 5.74) is 3.34. The van der Waals surface area contributed by atoms with E-state index in [1.165, 1.54) is 6.42 Å². The highest BCUT2D eigenvalue weighted by Gasteiger charge is 2.25. The summed E-state index contributed by atoms with van der Waals surface area (Å²) < 4.78 is 5.26. The Bertz CT molecular complexity index is 1010. The van der Waals surface area contributed by atoms with Gasteiger partial charge in [0.05, 0.1) is 23.9 Å². The van der Waals surface area contributed by atoms with Crippen LogP contribution in [0.5, 0.6) is 5.75 Å². The molecule has 0 bridgehead atoms. The van der Waals surface area contributed by atoms with Crippen molar-refractivity contribution in [2.45, 2.75) is 12.8 Å². The zero-order valence-corrected chi connectivity index (χ0v) is 19.5. The van der Waals surface area contributed by atoms with Crippen LogP contribution in [0.15, 0.2) is 54.6 Å². The van der Waals surface area contributed by atoms with Crippen molar-refractivity contribution < 1.29 is 9.53 Å². The van der Waals surface area contributed by atoms with Gasteiger partial charge >= 0.3 is 0 Å². The summed E-state index contributed by atoms with van der Waals surface area (Å²) in [5, 5.41) is 4.16. The summed E-state index contributed by atoms with van der Waals surface area (Å²) in [4.78, 5) is 20.3. The number of likely N-dealkylation sites (tertiary alicyclic amines) is 1. The quantitative estimate of drug-likeness (QED) is 0.591. The number of nitrogens with zero attached hydrogens (tertiary/aromatic N) is 2. The second kappa shape index (κ2) is 11.3. The molecule has 2 aromatic carbocycles. The Hall–Kier alpha value is -2.34. The summed E-state index contributed by atoms with van der Waals surface area (Å²) in [7, 11) is 3.62. The maximum Gasteiger partial charge on any atom is 0.254 e. The van der Waals surface area contributed by atoms with E-state index >= 15 is 0 Å². The van der Waals surface area contributed by atoms with Crippen molar-refractivity contribution in [3.05, 3.63) is 60.2 Å². The number of hydrogen-bond acceptors (Lipinski definition) is 4. The number of halogens is 2. The standard InChI is InChI=1S/C24H27N3O2.2ClH/c1-25-15-17-6-5-13-27(16-17)24(28)21-14-23(18-9-11-19(29-2)12-10-18)26-22-8-4-3-7-20(21)22;;/h3-4,7-12,14,17,25H,5-6,13,15-16H2,1-2H3;2*1H. The average Bonchev–Trinajstić information content (AvgIpc) is 2.78. The van der Waals surface area contributed by atoms with Crippen molar-refractivity contribution in [1.82, 2.24) is 15.2 Å². The fourth-order valence-corrected chi connectivity index (χ4v) is 4.14. The predicted octanol–water partition coefficient (Wildman–Crippen LogP) is 4.83. The first-order valence-corrected chi connectivity index (χ1v) is 10.2.